The number of hydrogen-bond donors (Lipinski definition) is 2. The van der Waals surface area contributed by atoms with Gasteiger partial charge >= 0.3 is 6.01 Å². The molecule has 0 saturated carbocycles. The number of hydrogen-bond acceptors (Lipinski definition) is 8. The van der Waals surface area contributed by atoms with Crippen molar-refractivity contribution < 1.29 is 26.1 Å². The molecule has 10 nitrogen and oxygen atoms in total. The molecular formula is C20H23BrN6O4S. The fraction of sp³-hybridized carbons (Fsp3) is 0.300. The van der Waals surface area contributed by atoms with Gasteiger partial charge in [0, 0.05) is 28.8 Å². The van der Waals surface area contributed by atoms with Crippen LogP contribution in [0.4, 0.5) is 5.82 Å². The summed E-state index contributed by atoms with van der Waals surface area (Å²) in [6, 6.07) is 6.51. The smallest absolute Gasteiger partial charge is 0.316 e. The molecule has 0 unspecified atom stereocenters. The van der Waals surface area contributed by atoms with E-state index in [9.17, 15) is 8.42 Å². The lowest BCUT2D eigenvalue weighted by atomic mass is 10.1. The van der Waals surface area contributed by atoms with Gasteiger partial charge in [0.2, 0.25) is 5.88 Å². The van der Waals surface area contributed by atoms with Gasteiger partial charge in [0.1, 0.15) is 19.5 Å². The van der Waals surface area contributed by atoms with Gasteiger partial charge in [0.05, 0.1) is 8.30 Å². The zero-order chi connectivity index (χ0) is 28.3. The Morgan fingerprint density at radius 2 is 1.78 bits per heavy atom. The van der Waals surface area contributed by atoms with Crippen molar-refractivity contribution in [1.82, 2.24) is 24.7 Å². The van der Waals surface area contributed by atoms with E-state index in [1.54, 1.807) is 35.9 Å². The third-order valence-electron chi connectivity index (χ3n) is 3.68. The highest BCUT2D eigenvalue weighted by atomic mass is 79.9. The van der Waals surface area contributed by atoms with Crippen LogP contribution in [0.3, 0.4) is 0 Å². The predicted molar refractivity (Wildman–Crippen MR) is 124 cm³/mol. The minimum absolute atomic E-state index is 0.0374. The van der Waals surface area contributed by atoms with Crippen molar-refractivity contribution in [3.63, 3.8) is 0 Å². The molecule has 0 aliphatic heterocycles. The SMILES string of the molecule is [2H]c1nc(OCCOc2ncnc(NS(=O)(=O)NC([2H])([2H])C([2H])([2H])C)c2-c2ccc(Br)cc2)nc([2H])c1C. The molecule has 0 amide bonds. The van der Waals surface area contributed by atoms with Crippen LogP contribution in [-0.4, -0.2) is 48.1 Å². The van der Waals surface area contributed by atoms with Crippen LogP contribution in [0.1, 0.15) is 27.1 Å². The van der Waals surface area contributed by atoms with E-state index in [0.717, 1.165) is 17.7 Å². The van der Waals surface area contributed by atoms with Gasteiger partial charge in [0.25, 0.3) is 10.2 Å². The maximum absolute atomic E-state index is 12.7. The van der Waals surface area contributed by atoms with Crippen molar-refractivity contribution in [2.75, 3.05) is 24.4 Å². The standard InChI is InChI=1S/C20H23BrN6O4S/c1-3-8-26-32(28,29)27-18-17(15-4-6-16(21)7-5-15)19(25-13-24-18)30-9-10-31-20-22-11-14(2)12-23-20/h4-7,11-13,26H,3,8-10H2,1-2H3,(H,24,25,27)/i3D2,8D2,11D,12D. The van der Waals surface area contributed by atoms with Crippen molar-refractivity contribution in [2.45, 2.75) is 20.2 Å². The molecule has 0 saturated heterocycles. The van der Waals surface area contributed by atoms with Gasteiger partial charge in [-0.15, -0.1) is 0 Å². The second-order valence-corrected chi connectivity index (χ2v) is 8.37. The van der Waals surface area contributed by atoms with Gasteiger partial charge < -0.3 is 9.47 Å². The van der Waals surface area contributed by atoms with Crippen molar-refractivity contribution in [2.24, 2.45) is 0 Å². The van der Waals surface area contributed by atoms with Crippen LogP contribution in [0.5, 0.6) is 11.9 Å². The Labute approximate surface area is 203 Å². The number of benzene rings is 1. The second-order valence-electron chi connectivity index (χ2n) is 6.04. The number of aromatic nitrogens is 4. The Bertz CT molecular complexity index is 1390. The predicted octanol–water partition coefficient (Wildman–Crippen LogP) is 3.12. The Balaban J connectivity index is 1.86. The first-order valence-corrected chi connectivity index (χ1v) is 11.4. The average molecular weight is 529 g/mol. The summed E-state index contributed by atoms with van der Waals surface area (Å²) in [6.45, 7) is -0.694. The minimum atomic E-state index is -4.65. The van der Waals surface area contributed by atoms with E-state index in [-0.39, 0.29) is 48.8 Å². The monoisotopic (exact) mass is 528 g/mol. The largest absolute Gasteiger partial charge is 0.473 e. The fourth-order valence-corrected chi connectivity index (χ4v) is 3.31. The highest BCUT2D eigenvalue weighted by Crippen LogP contribution is 2.34. The molecule has 0 radical (unpaired) electrons. The number of nitrogens with zero attached hydrogens (tertiary/aromatic N) is 4. The molecule has 2 heterocycles. The first kappa shape index (κ1) is 16.8. The average Bonchev–Trinajstić information content (AvgIpc) is 2.79. The number of halogens is 1. The molecule has 0 bridgehead atoms. The molecule has 0 fully saturated rings. The summed E-state index contributed by atoms with van der Waals surface area (Å²) in [6.07, 6.45) is -1.77. The van der Waals surface area contributed by atoms with Crippen molar-refractivity contribution >= 4 is 32.0 Å². The molecule has 3 rings (SSSR count). The van der Waals surface area contributed by atoms with Crippen molar-refractivity contribution in [3.05, 3.63) is 53.0 Å². The van der Waals surface area contributed by atoms with Gasteiger partial charge in [-0.2, -0.15) is 13.1 Å². The molecule has 3 aromatic rings. The molecule has 12 heteroatoms. The van der Waals surface area contributed by atoms with Crippen LogP contribution in [-0.2, 0) is 10.2 Å². The van der Waals surface area contributed by atoms with Crippen LogP contribution in [0.2, 0.25) is 0 Å². The Kier molecular flexibility index (Phi) is 5.84. The fourth-order valence-electron chi connectivity index (χ4n) is 2.35. The molecular weight excluding hydrogens is 500 g/mol. The van der Waals surface area contributed by atoms with E-state index in [1.165, 1.54) is 0 Å². The van der Waals surface area contributed by atoms with E-state index in [1.807, 2.05) is 0 Å². The lowest BCUT2D eigenvalue weighted by molar-refractivity contribution is 0.202. The maximum Gasteiger partial charge on any atom is 0.316 e. The van der Waals surface area contributed by atoms with E-state index >= 15 is 0 Å². The molecule has 32 heavy (non-hydrogen) atoms. The quantitative estimate of drug-likeness (QED) is 0.363. The summed E-state index contributed by atoms with van der Waals surface area (Å²) in [5.41, 5.74) is 0.885. The molecule has 2 aromatic heterocycles. The first-order valence-electron chi connectivity index (χ1n) is 12.1. The Morgan fingerprint density at radius 1 is 1.09 bits per heavy atom. The third kappa shape index (κ3) is 6.84. The van der Waals surface area contributed by atoms with Gasteiger partial charge in [-0.05, 0) is 36.6 Å². The van der Waals surface area contributed by atoms with E-state index < -0.39 is 23.1 Å². The topological polar surface area (TPSA) is 128 Å². The third-order valence-corrected chi connectivity index (χ3v) is 5.04. The lowest BCUT2D eigenvalue weighted by Crippen LogP contribution is -2.31. The molecule has 2 N–H and O–H groups in total. The number of ether oxygens (including phenoxy) is 2. The van der Waals surface area contributed by atoms with Crippen LogP contribution in [0.25, 0.3) is 11.1 Å². The first-order chi connectivity index (χ1) is 17.6. The van der Waals surface area contributed by atoms with Crippen LogP contribution in [0, 0.1) is 6.92 Å². The Hall–Kier alpha value is -2.83. The molecule has 0 atom stereocenters. The van der Waals surface area contributed by atoms with Crippen molar-refractivity contribution in [3.8, 4) is 23.0 Å². The lowest BCUT2D eigenvalue weighted by Gasteiger charge is -2.15. The van der Waals surface area contributed by atoms with Crippen molar-refractivity contribution in [1.29, 1.82) is 0 Å². The number of rotatable bonds is 11. The molecule has 0 aliphatic carbocycles. The van der Waals surface area contributed by atoms with Crippen LogP contribution >= 0.6 is 15.9 Å². The summed E-state index contributed by atoms with van der Waals surface area (Å²) in [5, 5.41) is 0. The summed E-state index contributed by atoms with van der Waals surface area (Å²) >= 11 is 3.33. The summed E-state index contributed by atoms with van der Waals surface area (Å²) in [7, 11) is -4.65. The summed E-state index contributed by atoms with van der Waals surface area (Å²) in [4.78, 5) is 15.7. The normalized spacial score (nSPS) is 14.8. The molecule has 0 aliphatic rings. The van der Waals surface area contributed by atoms with Gasteiger partial charge in [0.15, 0.2) is 5.82 Å². The number of anilines is 1. The van der Waals surface area contributed by atoms with Gasteiger partial charge in [-0.3, -0.25) is 4.72 Å². The van der Waals surface area contributed by atoms with E-state index in [4.69, 9.17) is 17.7 Å². The second kappa shape index (κ2) is 11.2. The molecule has 0 spiro atoms. The minimum Gasteiger partial charge on any atom is -0.473 e. The van der Waals surface area contributed by atoms with E-state index in [2.05, 4.69) is 40.6 Å². The maximum atomic E-state index is 12.7. The van der Waals surface area contributed by atoms with Crippen LogP contribution < -0.4 is 18.9 Å². The summed E-state index contributed by atoms with van der Waals surface area (Å²) < 4.78 is 87.1. The highest BCUT2D eigenvalue weighted by molar-refractivity contribution is 9.10. The number of nitrogens with one attached hydrogen (secondary N) is 2. The molecule has 170 valence electrons. The van der Waals surface area contributed by atoms with E-state index in [0.29, 0.717) is 11.1 Å². The van der Waals surface area contributed by atoms with Gasteiger partial charge in [-0.25, -0.2) is 19.9 Å². The van der Waals surface area contributed by atoms with Gasteiger partial charge in [-0.1, -0.05) is 35.0 Å². The highest BCUT2D eigenvalue weighted by Gasteiger charge is 2.19. The zero-order valence-electron chi connectivity index (χ0n) is 23.0. The summed E-state index contributed by atoms with van der Waals surface area (Å²) in [5.74, 6) is -0.289. The zero-order valence-corrected chi connectivity index (χ0v) is 19.4. The Morgan fingerprint density at radius 3 is 2.47 bits per heavy atom. The van der Waals surface area contributed by atoms with Crippen LogP contribution in [0.15, 0.2) is 47.4 Å². The molecule has 1 aromatic carbocycles.